The smallest absolute Gasteiger partial charge is 0.261 e. The minimum Gasteiger partial charge on any atom is -0.619 e. The zero-order valence-electron chi connectivity index (χ0n) is 34.6. The van der Waals surface area contributed by atoms with Gasteiger partial charge in [-0.1, -0.05) is 87.7 Å². The fourth-order valence-electron chi connectivity index (χ4n) is 9.44. The highest BCUT2D eigenvalue weighted by Crippen LogP contribution is 2.33. The summed E-state index contributed by atoms with van der Waals surface area (Å²) in [6.07, 6.45) is 14.0. The molecule has 0 amide bonds. The fourth-order valence-corrected chi connectivity index (χ4v) is 9.44. The Morgan fingerprint density at radius 2 is 1.08 bits per heavy atom. The van der Waals surface area contributed by atoms with E-state index in [2.05, 4.69) is 27.1 Å². The van der Waals surface area contributed by atoms with Gasteiger partial charge in [-0.3, -0.25) is 23.7 Å². The van der Waals surface area contributed by atoms with Crippen molar-refractivity contribution >= 4 is 43.4 Å². The lowest BCUT2D eigenvalue weighted by Crippen LogP contribution is -2.34. The summed E-state index contributed by atoms with van der Waals surface area (Å²) in [4.78, 5) is 40.7. The van der Waals surface area contributed by atoms with E-state index in [1.165, 1.54) is 0 Å². The molecule has 2 aliphatic rings. The van der Waals surface area contributed by atoms with Crippen LogP contribution in [0.15, 0.2) is 120 Å². The summed E-state index contributed by atoms with van der Waals surface area (Å²) in [7, 11) is 0. The SMILES string of the molecule is C.Cc1ccc(Cc2cc3c(=O)n([C@H]4CCCC[C@@H]4O)cnc3c3ccccc23)c[n+]1[O-].Cc1ccc(Cc2cc3c(=O)n([C@H]4CCCC[C@@H]4O)cnc3c3ccccc23)cn1. The van der Waals surface area contributed by atoms with E-state index < -0.39 is 12.2 Å². The summed E-state index contributed by atoms with van der Waals surface area (Å²) in [6.45, 7) is 3.75. The fraction of sp³-hybridized carbons (Fsp3) is 0.333. The molecule has 0 unspecified atom stereocenters. The van der Waals surface area contributed by atoms with Crippen LogP contribution in [-0.2, 0) is 12.8 Å². The number of pyridine rings is 2. The van der Waals surface area contributed by atoms with E-state index >= 15 is 0 Å². The van der Waals surface area contributed by atoms with E-state index in [1.54, 1.807) is 34.9 Å². The minimum absolute atomic E-state index is 0. The second kappa shape index (κ2) is 18.0. The Kier molecular flexibility index (Phi) is 12.3. The Morgan fingerprint density at radius 3 is 1.55 bits per heavy atom. The van der Waals surface area contributed by atoms with Gasteiger partial charge in [-0.05, 0) is 90.8 Å². The number of hydrogen-bond donors (Lipinski definition) is 2. The van der Waals surface area contributed by atoms with E-state index in [0.29, 0.717) is 41.2 Å². The lowest BCUT2D eigenvalue weighted by atomic mass is 9.92. The molecule has 11 nitrogen and oxygen atoms in total. The molecule has 4 aromatic carbocycles. The van der Waals surface area contributed by atoms with Crippen molar-refractivity contribution in [2.75, 3.05) is 0 Å². The molecule has 2 aliphatic carbocycles. The molecule has 10 rings (SSSR count). The first-order chi connectivity index (χ1) is 29.6. The molecule has 0 aliphatic heterocycles. The van der Waals surface area contributed by atoms with E-state index in [9.17, 15) is 25.0 Å². The van der Waals surface area contributed by atoms with Gasteiger partial charge in [-0.15, -0.1) is 0 Å². The quantitative estimate of drug-likeness (QED) is 0.0963. The first kappa shape index (κ1) is 42.4. The molecule has 0 radical (unpaired) electrons. The summed E-state index contributed by atoms with van der Waals surface area (Å²) in [5, 5.41) is 38.2. The number of aliphatic hydroxyl groups is 2. The Balaban J connectivity index is 0.000000168. The number of rotatable bonds is 6. The van der Waals surface area contributed by atoms with E-state index in [-0.39, 0.29) is 30.6 Å². The van der Waals surface area contributed by atoms with Gasteiger partial charge in [-0.25, -0.2) is 9.97 Å². The first-order valence-electron chi connectivity index (χ1n) is 21.4. The monoisotopic (exact) mass is 830 g/mol. The predicted molar refractivity (Wildman–Crippen MR) is 245 cm³/mol. The minimum atomic E-state index is -0.523. The van der Waals surface area contributed by atoms with Crippen LogP contribution in [0.4, 0.5) is 0 Å². The van der Waals surface area contributed by atoms with Crippen LogP contribution < -0.4 is 15.8 Å². The average molecular weight is 831 g/mol. The van der Waals surface area contributed by atoms with Crippen molar-refractivity contribution in [2.24, 2.45) is 0 Å². The van der Waals surface area contributed by atoms with Crippen LogP contribution in [0.1, 0.15) is 105 Å². The number of nitrogens with zero attached hydrogens (tertiary/aromatic N) is 6. The van der Waals surface area contributed by atoms with Gasteiger partial charge in [0, 0.05) is 47.6 Å². The van der Waals surface area contributed by atoms with Gasteiger partial charge < -0.3 is 15.4 Å². The molecule has 4 aromatic heterocycles. The number of hydrogen-bond acceptors (Lipinski definition) is 8. The van der Waals surface area contributed by atoms with E-state index in [0.717, 1.165) is 105 Å². The molecule has 8 aromatic rings. The van der Waals surface area contributed by atoms with Gasteiger partial charge in [0.05, 0.1) is 58.8 Å². The van der Waals surface area contributed by atoms with Crippen molar-refractivity contribution in [2.45, 2.75) is 110 Å². The lowest BCUT2D eigenvalue weighted by Gasteiger charge is -2.29. The summed E-state index contributed by atoms with van der Waals surface area (Å²) < 4.78 is 4.14. The van der Waals surface area contributed by atoms with Crippen LogP contribution in [-0.4, -0.2) is 46.5 Å². The Bertz CT molecular complexity index is 3030. The number of aryl methyl sites for hydroxylation is 2. The first-order valence-corrected chi connectivity index (χ1v) is 21.4. The normalized spacial score (nSPS) is 19.0. The van der Waals surface area contributed by atoms with E-state index in [4.69, 9.17) is 0 Å². The van der Waals surface area contributed by atoms with Gasteiger partial charge in [-0.2, -0.15) is 4.73 Å². The Morgan fingerprint density at radius 1 is 0.613 bits per heavy atom. The summed E-state index contributed by atoms with van der Waals surface area (Å²) in [5.41, 5.74) is 6.90. The van der Waals surface area contributed by atoms with Crippen molar-refractivity contribution in [3.63, 3.8) is 0 Å². The Labute approximate surface area is 360 Å². The number of fused-ring (bicyclic) bond motifs is 6. The molecule has 318 valence electrons. The van der Waals surface area contributed by atoms with Crippen LogP contribution >= 0.6 is 0 Å². The number of aliphatic hydroxyl groups excluding tert-OH is 2. The summed E-state index contributed by atoms with van der Waals surface area (Å²) in [5.74, 6) is 0. The third-order valence-corrected chi connectivity index (χ3v) is 12.8. The highest BCUT2D eigenvalue weighted by atomic mass is 16.5. The van der Waals surface area contributed by atoms with Gasteiger partial charge in [0.15, 0.2) is 11.9 Å². The third-order valence-electron chi connectivity index (χ3n) is 12.8. The molecule has 4 atom stereocenters. The lowest BCUT2D eigenvalue weighted by molar-refractivity contribution is -0.612. The maximum atomic E-state index is 13.5. The van der Waals surface area contributed by atoms with Gasteiger partial charge in [0.1, 0.15) is 0 Å². The highest BCUT2D eigenvalue weighted by Gasteiger charge is 2.28. The molecule has 2 saturated carbocycles. The van der Waals surface area contributed by atoms with Crippen LogP contribution in [0.5, 0.6) is 0 Å². The molecule has 2 N–H and O–H groups in total. The van der Waals surface area contributed by atoms with Gasteiger partial charge in [0.25, 0.3) is 11.1 Å². The largest absolute Gasteiger partial charge is 0.619 e. The number of aromatic nitrogens is 6. The molecule has 0 bridgehead atoms. The molecule has 2 fully saturated rings. The van der Waals surface area contributed by atoms with Crippen molar-refractivity contribution < 1.29 is 14.9 Å². The van der Waals surface area contributed by atoms with Crippen molar-refractivity contribution in [3.8, 4) is 0 Å². The summed E-state index contributed by atoms with van der Waals surface area (Å²) >= 11 is 0. The maximum Gasteiger partial charge on any atom is 0.261 e. The molecule has 0 saturated heterocycles. The second-order valence-electron chi connectivity index (χ2n) is 16.9. The summed E-state index contributed by atoms with van der Waals surface area (Å²) in [6, 6.07) is 27.4. The second-order valence-corrected chi connectivity index (χ2v) is 16.9. The van der Waals surface area contributed by atoms with Crippen LogP contribution in [0, 0.1) is 19.1 Å². The predicted octanol–water partition coefficient (Wildman–Crippen LogP) is 8.51. The van der Waals surface area contributed by atoms with Crippen LogP contribution in [0.3, 0.4) is 0 Å². The third kappa shape index (κ3) is 8.22. The molecular formula is C51H54N6O5. The van der Waals surface area contributed by atoms with Crippen LogP contribution in [0.2, 0.25) is 0 Å². The van der Waals surface area contributed by atoms with Crippen LogP contribution in [0.25, 0.3) is 43.4 Å². The molecule has 0 spiro atoms. The van der Waals surface area contributed by atoms with Gasteiger partial charge in [0.2, 0.25) is 0 Å². The Hall–Kier alpha value is -6.30. The highest BCUT2D eigenvalue weighted by molar-refractivity contribution is 6.07. The molecule has 4 heterocycles. The maximum absolute atomic E-state index is 13.5. The molecular weight excluding hydrogens is 777 g/mol. The van der Waals surface area contributed by atoms with Crippen molar-refractivity contribution in [3.05, 3.63) is 170 Å². The standard InChI is InChI=1S/C25H25N3O3.C25H25N3O2.CH4/c1-16-10-11-17(14-28(16)31)12-18-13-21-24(20-7-3-2-6-19(18)20)26-15-27(25(21)30)22-8-4-5-9-23(22)29;1-16-10-11-17(14-26-16)12-18-13-21-24(20-7-3-2-6-19(18)20)27-15-28(25(21)30)22-8-4-5-9-23(22)29;/h2-3,6-7,10-11,13-15,22-23,29H,4-5,8-9,12H2,1H3;2-3,6-7,10-11,13-15,22-23,29H,4-5,8-9,12H2,1H3;1H4/t2*22-,23-;/m00./s1. The topological polar surface area (TPSA) is 150 Å². The zero-order valence-corrected chi connectivity index (χ0v) is 34.6. The van der Waals surface area contributed by atoms with Crippen molar-refractivity contribution in [1.29, 1.82) is 0 Å². The van der Waals surface area contributed by atoms with Gasteiger partial charge >= 0.3 is 0 Å². The van der Waals surface area contributed by atoms with E-state index in [1.807, 2.05) is 85.9 Å². The number of benzene rings is 4. The average Bonchev–Trinajstić information content (AvgIpc) is 3.27. The molecule has 62 heavy (non-hydrogen) atoms. The van der Waals surface area contributed by atoms with Crippen molar-refractivity contribution in [1.82, 2.24) is 24.1 Å². The zero-order chi connectivity index (χ0) is 42.2. The molecule has 11 heteroatoms.